The molecule has 4 heteroatoms. The minimum atomic E-state index is -1.35. The summed E-state index contributed by atoms with van der Waals surface area (Å²) >= 11 is 0. The van der Waals surface area contributed by atoms with E-state index in [1.54, 1.807) is 6.20 Å². The van der Waals surface area contributed by atoms with Crippen LogP contribution in [-0.4, -0.2) is 24.1 Å². The van der Waals surface area contributed by atoms with Crippen molar-refractivity contribution in [3.63, 3.8) is 0 Å². The summed E-state index contributed by atoms with van der Waals surface area (Å²) in [5, 5.41) is 8.56. The number of rotatable bonds is 3. The molecule has 0 amide bonds. The van der Waals surface area contributed by atoms with Crippen LogP contribution in [0, 0.1) is 11.5 Å². The summed E-state index contributed by atoms with van der Waals surface area (Å²) in [7, 11) is -1.35. The van der Waals surface area contributed by atoms with Crippen LogP contribution in [0.25, 0.3) is 0 Å². The Morgan fingerprint density at radius 2 is 2.12 bits per heavy atom. The van der Waals surface area contributed by atoms with Crippen LogP contribution in [0.1, 0.15) is 17.7 Å². The van der Waals surface area contributed by atoms with Gasteiger partial charge in [0.2, 0.25) is 0 Å². The van der Waals surface area contributed by atoms with Crippen molar-refractivity contribution in [1.29, 1.82) is 0 Å². The quantitative estimate of drug-likeness (QED) is 0.659. The second kappa shape index (κ2) is 5.64. The second-order valence-electron chi connectivity index (χ2n) is 4.93. The summed E-state index contributed by atoms with van der Waals surface area (Å²) in [4.78, 5) is 14.6. The lowest BCUT2D eigenvalue weighted by Gasteiger charge is -2.03. The Labute approximate surface area is 103 Å². The highest BCUT2D eigenvalue weighted by atomic mass is 28.3. The molecule has 1 aromatic heterocycles. The van der Waals surface area contributed by atoms with E-state index in [4.69, 9.17) is 5.11 Å². The molecule has 90 valence electrons. The van der Waals surface area contributed by atoms with Gasteiger partial charge >= 0.3 is 5.97 Å². The van der Waals surface area contributed by atoms with Gasteiger partial charge in [-0.25, -0.2) is 0 Å². The predicted molar refractivity (Wildman–Crippen MR) is 70.4 cm³/mol. The Balaban J connectivity index is 2.67. The topological polar surface area (TPSA) is 50.2 Å². The molecule has 0 spiro atoms. The first-order valence-corrected chi connectivity index (χ1v) is 9.07. The molecule has 0 saturated heterocycles. The van der Waals surface area contributed by atoms with Gasteiger partial charge in [0.25, 0.3) is 0 Å². The Bertz CT molecular complexity index is 449. The summed E-state index contributed by atoms with van der Waals surface area (Å²) in [5.41, 5.74) is 4.95. The number of hydrogen-bond acceptors (Lipinski definition) is 2. The molecule has 0 aliphatic rings. The molecule has 0 unspecified atom stereocenters. The summed E-state index contributed by atoms with van der Waals surface area (Å²) in [5.74, 6) is 2.31. The van der Waals surface area contributed by atoms with Crippen molar-refractivity contribution >= 4 is 14.0 Å². The molecule has 0 bridgehead atoms. The molecule has 1 rings (SSSR count). The number of carboxylic acid groups (broad SMARTS) is 1. The van der Waals surface area contributed by atoms with Gasteiger partial charge < -0.3 is 5.11 Å². The van der Waals surface area contributed by atoms with Gasteiger partial charge in [0.05, 0.1) is 6.42 Å². The van der Waals surface area contributed by atoms with Gasteiger partial charge in [-0.15, -0.1) is 5.54 Å². The number of pyridine rings is 1. The number of nitrogens with zero attached hydrogens (tertiary/aromatic N) is 1. The van der Waals surface area contributed by atoms with Crippen molar-refractivity contribution < 1.29 is 9.90 Å². The molecule has 17 heavy (non-hydrogen) atoms. The number of aryl methyl sites for hydroxylation is 1. The van der Waals surface area contributed by atoms with E-state index in [1.165, 1.54) is 0 Å². The van der Waals surface area contributed by atoms with Crippen LogP contribution in [0.2, 0.25) is 19.6 Å². The number of carbonyl (C=O) groups is 1. The predicted octanol–water partition coefficient (Wildman–Crippen LogP) is 2.33. The zero-order chi connectivity index (χ0) is 12.9. The average molecular weight is 247 g/mol. The highest BCUT2D eigenvalue weighted by Crippen LogP contribution is 2.03. The third-order valence-electron chi connectivity index (χ3n) is 2.00. The van der Waals surface area contributed by atoms with E-state index in [0.717, 1.165) is 11.3 Å². The summed E-state index contributed by atoms with van der Waals surface area (Å²) in [6.07, 6.45) is 2.30. The Morgan fingerprint density at radius 1 is 1.41 bits per heavy atom. The first kappa shape index (κ1) is 13.5. The van der Waals surface area contributed by atoms with Crippen molar-refractivity contribution in [2.45, 2.75) is 32.5 Å². The SMILES string of the molecule is C[Si](C)(C)C#Cc1ccc(CCC(=O)O)nc1. The normalized spacial score (nSPS) is 10.5. The summed E-state index contributed by atoms with van der Waals surface area (Å²) in [6, 6.07) is 3.74. The van der Waals surface area contributed by atoms with Crippen molar-refractivity contribution in [3.05, 3.63) is 29.6 Å². The number of aliphatic carboxylic acids is 1. The summed E-state index contributed by atoms with van der Waals surface area (Å²) < 4.78 is 0. The molecule has 1 N–H and O–H groups in total. The smallest absolute Gasteiger partial charge is 0.303 e. The van der Waals surface area contributed by atoms with Crippen LogP contribution in [0.5, 0.6) is 0 Å². The minimum absolute atomic E-state index is 0.118. The van der Waals surface area contributed by atoms with E-state index >= 15 is 0 Å². The standard InChI is InChI=1S/C13H17NO2Si/c1-17(2,3)9-8-11-4-5-12(14-10-11)6-7-13(15)16/h4-5,10H,6-7H2,1-3H3,(H,15,16). The molecule has 1 aromatic rings. The van der Waals surface area contributed by atoms with Crippen LogP contribution < -0.4 is 0 Å². The van der Waals surface area contributed by atoms with Crippen LogP contribution in [0.4, 0.5) is 0 Å². The molecule has 0 aliphatic heterocycles. The fraction of sp³-hybridized carbons (Fsp3) is 0.385. The molecule has 0 fully saturated rings. The zero-order valence-corrected chi connectivity index (χ0v) is 11.4. The molecule has 0 aliphatic carbocycles. The largest absolute Gasteiger partial charge is 0.481 e. The van der Waals surface area contributed by atoms with E-state index in [1.807, 2.05) is 12.1 Å². The van der Waals surface area contributed by atoms with Crippen LogP contribution in [0.15, 0.2) is 18.3 Å². The van der Waals surface area contributed by atoms with Gasteiger partial charge in [-0.2, -0.15) is 0 Å². The van der Waals surface area contributed by atoms with Gasteiger partial charge in [0.1, 0.15) is 8.07 Å². The van der Waals surface area contributed by atoms with Crippen molar-refractivity contribution in [1.82, 2.24) is 4.98 Å². The highest BCUT2D eigenvalue weighted by Gasteiger charge is 2.07. The van der Waals surface area contributed by atoms with Crippen molar-refractivity contribution in [3.8, 4) is 11.5 Å². The van der Waals surface area contributed by atoms with E-state index < -0.39 is 14.0 Å². The van der Waals surface area contributed by atoms with E-state index in [-0.39, 0.29) is 6.42 Å². The van der Waals surface area contributed by atoms with Gasteiger partial charge in [-0.3, -0.25) is 9.78 Å². The molecule has 0 atom stereocenters. The van der Waals surface area contributed by atoms with Crippen molar-refractivity contribution in [2.24, 2.45) is 0 Å². The number of hydrogen-bond donors (Lipinski definition) is 1. The van der Waals surface area contributed by atoms with E-state index in [9.17, 15) is 4.79 Å². The van der Waals surface area contributed by atoms with Gasteiger partial charge in [0, 0.05) is 23.9 Å². The van der Waals surface area contributed by atoms with Crippen LogP contribution in [-0.2, 0) is 11.2 Å². The first-order valence-electron chi connectivity index (χ1n) is 5.57. The Kier molecular flexibility index (Phi) is 4.47. The maximum Gasteiger partial charge on any atom is 0.303 e. The third-order valence-corrected chi connectivity index (χ3v) is 2.88. The maximum atomic E-state index is 10.4. The minimum Gasteiger partial charge on any atom is -0.481 e. The van der Waals surface area contributed by atoms with Gasteiger partial charge in [-0.1, -0.05) is 25.6 Å². The lowest BCUT2D eigenvalue weighted by Crippen LogP contribution is -2.16. The molecule has 0 saturated carbocycles. The van der Waals surface area contributed by atoms with Crippen LogP contribution in [0.3, 0.4) is 0 Å². The molecular weight excluding hydrogens is 230 g/mol. The lowest BCUT2D eigenvalue weighted by molar-refractivity contribution is -0.136. The van der Waals surface area contributed by atoms with Crippen molar-refractivity contribution in [2.75, 3.05) is 0 Å². The average Bonchev–Trinajstić information content (AvgIpc) is 2.24. The van der Waals surface area contributed by atoms with Gasteiger partial charge in [-0.05, 0) is 12.1 Å². The molecule has 1 heterocycles. The number of aromatic nitrogens is 1. The lowest BCUT2D eigenvalue weighted by atomic mass is 10.2. The molecule has 3 nitrogen and oxygen atoms in total. The fourth-order valence-corrected chi connectivity index (χ4v) is 1.66. The maximum absolute atomic E-state index is 10.4. The second-order valence-corrected chi connectivity index (χ2v) is 9.68. The first-order chi connectivity index (χ1) is 7.87. The third kappa shape index (κ3) is 5.88. The fourth-order valence-electron chi connectivity index (χ4n) is 1.14. The molecule has 0 radical (unpaired) electrons. The highest BCUT2D eigenvalue weighted by molar-refractivity contribution is 6.83. The molecular formula is C13H17NO2Si. The van der Waals surface area contributed by atoms with Gasteiger partial charge in [0.15, 0.2) is 0 Å². The summed E-state index contributed by atoms with van der Waals surface area (Å²) in [6.45, 7) is 6.57. The Morgan fingerprint density at radius 3 is 2.59 bits per heavy atom. The Hall–Kier alpha value is -1.60. The molecule has 0 aromatic carbocycles. The van der Waals surface area contributed by atoms with E-state index in [2.05, 4.69) is 36.1 Å². The number of carboxylic acids is 1. The zero-order valence-electron chi connectivity index (χ0n) is 10.4. The van der Waals surface area contributed by atoms with Crippen LogP contribution >= 0.6 is 0 Å². The van der Waals surface area contributed by atoms with E-state index in [0.29, 0.717) is 6.42 Å². The monoisotopic (exact) mass is 247 g/mol.